The van der Waals surface area contributed by atoms with E-state index in [1.165, 1.54) is 6.07 Å². The molecule has 0 heterocycles. The van der Waals surface area contributed by atoms with Gasteiger partial charge in [0, 0.05) is 6.04 Å². The molecular weight excluding hydrogens is 193 g/mol. The van der Waals surface area contributed by atoms with E-state index in [0.717, 1.165) is 5.56 Å². The maximum absolute atomic E-state index is 13.4. The Bertz CT molecular complexity index is 390. The molecule has 0 fully saturated rings. The first kappa shape index (κ1) is 11.5. The monoisotopic (exact) mass is 207 g/mol. The van der Waals surface area contributed by atoms with Crippen molar-refractivity contribution in [2.24, 2.45) is 5.73 Å². The summed E-state index contributed by atoms with van der Waals surface area (Å²) in [6.07, 6.45) is 0. The third-order valence-electron chi connectivity index (χ3n) is 1.96. The van der Waals surface area contributed by atoms with E-state index >= 15 is 0 Å². The van der Waals surface area contributed by atoms with Crippen LogP contribution in [-0.2, 0) is 0 Å². The van der Waals surface area contributed by atoms with Crippen LogP contribution in [0, 0.1) is 17.7 Å². The minimum atomic E-state index is -0.400. The van der Waals surface area contributed by atoms with E-state index in [-0.39, 0.29) is 18.4 Å². The number of ether oxygens (including phenoxy) is 1. The van der Waals surface area contributed by atoms with Crippen molar-refractivity contribution in [1.29, 1.82) is 0 Å². The van der Waals surface area contributed by atoms with E-state index < -0.39 is 5.82 Å². The molecule has 0 aliphatic heterocycles. The Morgan fingerprint density at radius 2 is 2.27 bits per heavy atom. The second kappa shape index (κ2) is 5.38. The van der Waals surface area contributed by atoms with Crippen molar-refractivity contribution in [2.45, 2.75) is 19.9 Å². The highest BCUT2D eigenvalue weighted by Gasteiger charge is 2.06. The van der Waals surface area contributed by atoms with Gasteiger partial charge in [-0.25, -0.2) is 4.39 Å². The van der Waals surface area contributed by atoms with Gasteiger partial charge in [0.05, 0.1) is 0 Å². The van der Waals surface area contributed by atoms with Gasteiger partial charge in [0.2, 0.25) is 0 Å². The van der Waals surface area contributed by atoms with Crippen LogP contribution in [0.4, 0.5) is 4.39 Å². The van der Waals surface area contributed by atoms with Gasteiger partial charge in [-0.1, -0.05) is 12.0 Å². The van der Waals surface area contributed by atoms with Crippen molar-refractivity contribution in [3.05, 3.63) is 29.6 Å². The maximum atomic E-state index is 13.4. The fourth-order valence-electron chi connectivity index (χ4n) is 1.10. The third kappa shape index (κ3) is 3.26. The fraction of sp³-hybridized carbons (Fsp3) is 0.333. The summed E-state index contributed by atoms with van der Waals surface area (Å²) in [5.74, 6) is 5.18. The Kier molecular flexibility index (Phi) is 4.14. The van der Waals surface area contributed by atoms with Crippen LogP contribution in [0.15, 0.2) is 18.2 Å². The van der Waals surface area contributed by atoms with E-state index in [2.05, 4.69) is 11.8 Å². The molecule has 0 unspecified atom stereocenters. The van der Waals surface area contributed by atoms with Crippen molar-refractivity contribution < 1.29 is 9.13 Å². The summed E-state index contributed by atoms with van der Waals surface area (Å²) in [6.45, 7) is 3.71. The summed E-state index contributed by atoms with van der Waals surface area (Å²) < 4.78 is 18.5. The number of hydrogen-bond acceptors (Lipinski definition) is 2. The predicted octanol–water partition coefficient (Wildman–Crippen LogP) is 2.25. The molecule has 0 bridgehead atoms. The van der Waals surface area contributed by atoms with E-state index in [1.54, 1.807) is 26.0 Å². The molecule has 0 aliphatic carbocycles. The van der Waals surface area contributed by atoms with Gasteiger partial charge in [0.25, 0.3) is 0 Å². The lowest BCUT2D eigenvalue weighted by Crippen LogP contribution is -2.06. The number of nitrogens with two attached hydrogens (primary N) is 1. The molecular formula is C12H14FNO. The summed E-state index contributed by atoms with van der Waals surface area (Å²) >= 11 is 0. The molecule has 1 aromatic carbocycles. The number of halogens is 1. The molecule has 0 saturated carbocycles. The summed E-state index contributed by atoms with van der Waals surface area (Å²) in [5.41, 5.74) is 6.38. The van der Waals surface area contributed by atoms with Gasteiger partial charge in [-0.3, -0.25) is 0 Å². The van der Waals surface area contributed by atoms with Crippen LogP contribution in [0.5, 0.6) is 5.75 Å². The van der Waals surface area contributed by atoms with E-state index in [0.29, 0.717) is 0 Å². The molecule has 1 atom stereocenters. The Morgan fingerprint density at radius 1 is 1.53 bits per heavy atom. The zero-order valence-corrected chi connectivity index (χ0v) is 8.88. The van der Waals surface area contributed by atoms with Crippen LogP contribution in [0.1, 0.15) is 25.5 Å². The van der Waals surface area contributed by atoms with Crippen LogP contribution in [-0.4, -0.2) is 6.61 Å². The van der Waals surface area contributed by atoms with Gasteiger partial charge in [-0.2, -0.15) is 0 Å². The fourth-order valence-corrected chi connectivity index (χ4v) is 1.10. The van der Waals surface area contributed by atoms with Crippen LogP contribution < -0.4 is 10.5 Å². The molecule has 3 heteroatoms. The quantitative estimate of drug-likeness (QED) is 0.771. The first-order valence-electron chi connectivity index (χ1n) is 4.72. The molecule has 0 spiro atoms. The Labute approximate surface area is 89.2 Å². The van der Waals surface area contributed by atoms with Crippen molar-refractivity contribution in [3.8, 4) is 17.6 Å². The lowest BCUT2D eigenvalue weighted by Gasteiger charge is -2.08. The lowest BCUT2D eigenvalue weighted by molar-refractivity contribution is 0.347. The van der Waals surface area contributed by atoms with Crippen molar-refractivity contribution in [3.63, 3.8) is 0 Å². The van der Waals surface area contributed by atoms with Crippen molar-refractivity contribution in [1.82, 2.24) is 0 Å². The van der Waals surface area contributed by atoms with Crippen LogP contribution >= 0.6 is 0 Å². The Hall–Kier alpha value is -1.53. The zero-order valence-electron chi connectivity index (χ0n) is 8.88. The molecule has 15 heavy (non-hydrogen) atoms. The predicted molar refractivity (Wildman–Crippen MR) is 57.9 cm³/mol. The van der Waals surface area contributed by atoms with Gasteiger partial charge in [-0.05, 0) is 31.5 Å². The van der Waals surface area contributed by atoms with Gasteiger partial charge >= 0.3 is 0 Å². The number of rotatable bonds is 3. The lowest BCUT2D eigenvalue weighted by atomic mass is 10.1. The van der Waals surface area contributed by atoms with Crippen LogP contribution in [0.2, 0.25) is 0 Å². The molecule has 0 aromatic heterocycles. The molecule has 0 saturated heterocycles. The molecule has 2 N–H and O–H groups in total. The summed E-state index contributed by atoms with van der Waals surface area (Å²) in [6, 6.07) is 4.54. The Morgan fingerprint density at radius 3 is 2.80 bits per heavy atom. The summed E-state index contributed by atoms with van der Waals surface area (Å²) in [4.78, 5) is 0. The molecule has 80 valence electrons. The number of hydrogen-bond donors (Lipinski definition) is 1. The normalized spacial score (nSPS) is 11.5. The van der Waals surface area contributed by atoms with E-state index in [9.17, 15) is 4.39 Å². The largest absolute Gasteiger partial charge is 0.478 e. The third-order valence-corrected chi connectivity index (χ3v) is 1.96. The highest BCUT2D eigenvalue weighted by atomic mass is 19.1. The average molecular weight is 207 g/mol. The van der Waals surface area contributed by atoms with E-state index in [4.69, 9.17) is 10.5 Å². The zero-order chi connectivity index (χ0) is 11.3. The second-order valence-electron chi connectivity index (χ2n) is 3.19. The van der Waals surface area contributed by atoms with E-state index in [1.807, 2.05) is 0 Å². The number of benzene rings is 1. The Balaban J connectivity index is 2.77. The molecule has 2 nitrogen and oxygen atoms in total. The van der Waals surface area contributed by atoms with Gasteiger partial charge < -0.3 is 10.5 Å². The van der Waals surface area contributed by atoms with Gasteiger partial charge in [0.1, 0.15) is 6.61 Å². The summed E-state index contributed by atoms with van der Waals surface area (Å²) in [5, 5.41) is 0. The van der Waals surface area contributed by atoms with Crippen LogP contribution in [0.3, 0.4) is 0 Å². The molecule has 1 aromatic rings. The molecule has 0 radical (unpaired) electrons. The molecule has 0 amide bonds. The standard InChI is InChI=1S/C12H14FNO/c1-3-4-7-15-12-6-5-10(9(2)14)8-11(12)13/h5-6,8-9H,7,14H2,1-2H3/t9-/m0/s1. The first-order valence-corrected chi connectivity index (χ1v) is 4.72. The minimum absolute atomic E-state index is 0.177. The molecule has 1 rings (SSSR count). The van der Waals surface area contributed by atoms with Gasteiger partial charge in [-0.15, -0.1) is 5.92 Å². The van der Waals surface area contributed by atoms with Crippen molar-refractivity contribution >= 4 is 0 Å². The summed E-state index contributed by atoms with van der Waals surface area (Å²) in [7, 11) is 0. The first-order chi connectivity index (χ1) is 7.15. The SMILES string of the molecule is CC#CCOc1ccc([C@H](C)N)cc1F. The highest BCUT2D eigenvalue weighted by molar-refractivity contribution is 5.31. The maximum Gasteiger partial charge on any atom is 0.165 e. The average Bonchev–Trinajstić information content (AvgIpc) is 2.20. The van der Waals surface area contributed by atoms with Crippen LogP contribution in [0.25, 0.3) is 0 Å². The molecule has 0 aliphatic rings. The van der Waals surface area contributed by atoms with Gasteiger partial charge in [0.15, 0.2) is 11.6 Å². The topological polar surface area (TPSA) is 35.2 Å². The highest BCUT2D eigenvalue weighted by Crippen LogP contribution is 2.20. The van der Waals surface area contributed by atoms with Crippen molar-refractivity contribution in [2.75, 3.05) is 6.61 Å². The second-order valence-corrected chi connectivity index (χ2v) is 3.19. The minimum Gasteiger partial charge on any atom is -0.478 e. The smallest absolute Gasteiger partial charge is 0.165 e.